The van der Waals surface area contributed by atoms with Crippen molar-refractivity contribution in [2.24, 2.45) is 0 Å². The second kappa shape index (κ2) is 9.22. The summed E-state index contributed by atoms with van der Waals surface area (Å²) in [4.78, 5) is 26.6. The standard InChI is InChI=1S/C18H17BrCl2N2O2/c1-2-9-23(18(25)13-5-3-4-6-14(13)19)11-17(24)22-16-8-7-12(20)10-15(16)21/h3-8,10H,2,9,11H2,1H3,(H,22,24). The zero-order valence-electron chi connectivity index (χ0n) is 13.6. The van der Waals surface area contributed by atoms with E-state index in [4.69, 9.17) is 23.2 Å². The van der Waals surface area contributed by atoms with E-state index in [1.807, 2.05) is 13.0 Å². The molecule has 0 atom stereocenters. The predicted octanol–water partition coefficient (Wildman–Crippen LogP) is 5.25. The number of amides is 2. The second-order valence-corrected chi connectivity index (χ2v) is 7.08. The minimum absolute atomic E-state index is 0.0625. The molecule has 1 N–H and O–H groups in total. The lowest BCUT2D eigenvalue weighted by atomic mass is 10.2. The van der Waals surface area contributed by atoms with Gasteiger partial charge in [0.1, 0.15) is 6.54 Å². The van der Waals surface area contributed by atoms with E-state index < -0.39 is 0 Å². The lowest BCUT2D eigenvalue weighted by molar-refractivity contribution is -0.116. The highest BCUT2D eigenvalue weighted by molar-refractivity contribution is 9.10. The van der Waals surface area contributed by atoms with Gasteiger partial charge < -0.3 is 10.2 Å². The largest absolute Gasteiger partial charge is 0.329 e. The number of benzene rings is 2. The number of nitrogens with zero attached hydrogens (tertiary/aromatic N) is 1. The molecular weight excluding hydrogens is 427 g/mol. The molecule has 7 heteroatoms. The third kappa shape index (κ3) is 5.46. The van der Waals surface area contributed by atoms with Gasteiger partial charge in [0.25, 0.3) is 5.91 Å². The van der Waals surface area contributed by atoms with Crippen LogP contribution in [0.5, 0.6) is 0 Å². The van der Waals surface area contributed by atoms with Crippen LogP contribution in [-0.2, 0) is 4.79 Å². The molecule has 2 aromatic carbocycles. The highest BCUT2D eigenvalue weighted by atomic mass is 79.9. The SMILES string of the molecule is CCCN(CC(=O)Nc1ccc(Cl)cc1Cl)C(=O)c1ccccc1Br. The molecule has 0 bridgehead atoms. The van der Waals surface area contributed by atoms with Crippen molar-refractivity contribution >= 4 is 56.6 Å². The van der Waals surface area contributed by atoms with Gasteiger partial charge in [0.15, 0.2) is 0 Å². The van der Waals surface area contributed by atoms with Gasteiger partial charge in [-0.25, -0.2) is 0 Å². The molecule has 0 heterocycles. The highest BCUT2D eigenvalue weighted by Gasteiger charge is 2.20. The zero-order valence-corrected chi connectivity index (χ0v) is 16.7. The summed E-state index contributed by atoms with van der Waals surface area (Å²) < 4.78 is 0.697. The van der Waals surface area contributed by atoms with Crippen molar-refractivity contribution in [1.29, 1.82) is 0 Å². The average Bonchev–Trinajstić information content (AvgIpc) is 2.57. The maximum atomic E-state index is 12.7. The van der Waals surface area contributed by atoms with E-state index in [9.17, 15) is 9.59 Å². The molecule has 0 unspecified atom stereocenters. The van der Waals surface area contributed by atoms with Crippen molar-refractivity contribution in [2.75, 3.05) is 18.4 Å². The van der Waals surface area contributed by atoms with Crippen LogP contribution >= 0.6 is 39.1 Å². The van der Waals surface area contributed by atoms with Crippen LogP contribution < -0.4 is 5.32 Å². The van der Waals surface area contributed by atoms with Gasteiger partial charge in [0.2, 0.25) is 5.91 Å². The van der Waals surface area contributed by atoms with E-state index >= 15 is 0 Å². The first-order chi connectivity index (χ1) is 11.9. The van der Waals surface area contributed by atoms with E-state index in [1.54, 1.807) is 36.4 Å². The summed E-state index contributed by atoms with van der Waals surface area (Å²) in [6, 6.07) is 12.0. The molecule has 2 aromatic rings. The van der Waals surface area contributed by atoms with E-state index in [1.165, 1.54) is 4.90 Å². The van der Waals surface area contributed by atoms with Crippen LogP contribution in [0.1, 0.15) is 23.7 Å². The van der Waals surface area contributed by atoms with Gasteiger partial charge in [-0.1, -0.05) is 42.3 Å². The van der Waals surface area contributed by atoms with E-state index in [0.717, 1.165) is 6.42 Å². The molecule has 2 amide bonds. The van der Waals surface area contributed by atoms with Gasteiger partial charge in [-0.05, 0) is 52.7 Å². The van der Waals surface area contributed by atoms with Gasteiger partial charge in [0.05, 0.1) is 16.3 Å². The van der Waals surface area contributed by atoms with Crippen molar-refractivity contribution < 1.29 is 9.59 Å². The summed E-state index contributed by atoms with van der Waals surface area (Å²) in [5.74, 6) is -0.523. The fourth-order valence-corrected chi connectivity index (χ4v) is 3.19. The second-order valence-electron chi connectivity index (χ2n) is 5.38. The lowest BCUT2D eigenvalue weighted by Gasteiger charge is -2.22. The first-order valence-corrected chi connectivity index (χ1v) is 9.26. The molecule has 0 radical (unpaired) electrons. The molecule has 132 valence electrons. The van der Waals surface area contributed by atoms with E-state index in [2.05, 4.69) is 21.2 Å². The van der Waals surface area contributed by atoms with Crippen LogP contribution in [0.15, 0.2) is 46.9 Å². The van der Waals surface area contributed by atoms with Crippen LogP contribution in [0, 0.1) is 0 Å². The van der Waals surface area contributed by atoms with Crippen LogP contribution in [0.4, 0.5) is 5.69 Å². The molecule has 0 saturated carbocycles. The van der Waals surface area contributed by atoms with Gasteiger partial charge in [0, 0.05) is 16.0 Å². The maximum absolute atomic E-state index is 12.7. The number of hydrogen-bond acceptors (Lipinski definition) is 2. The van der Waals surface area contributed by atoms with Gasteiger partial charge in [-0.3, -0.25) is 9.59 Å². The van der Waals surface area contributed by atoms with Crippen molar-refractivity contribution in [3.05, 3.63) is 62.5 Å². The van der Waals surface area contributed by atoms with Crippen molar-refractivity contribution in [3.8, 4) is 0 Å². The molecule has 0 aromatic heterocycles. The Kier molecular flexibility index (Phi) is 7.29. The van der Waals surface area contributed by atoms with Crippen LogP contribution in [-0.4, -0.2) is 29.8 Å². The number of hydrogen-bond donors (Lipinski definition) is 1. The Morgan fingerprint density at radius 1 is 1.16 bits per heavy atom. The number of halogens is 3. The number of nitrogens with one attached hydrogen (secondary N) is 1. The number of rotatable bonds is 6. The molecule has 0 saturated heterocycles. The maximum Gasteiger partial charge on any atom is 0.255 e. The summed E-state index contributed by atoms with van der Waals surface area (Å²) in [5, 5.41) is 3.55. The van der Waals surface area contributed by atoms with Crippen molar-refractivity contribution in [1.82, 2.24) is 4.90 Å². The monoisotopic (exact) mass is 442 g/mol. The molecule has 0 aliphatic heterocycles. The van der Waals surface area contributed by atoms with E-state index in [-0.39, 0.29) is 18.4 Å². The minimum Gasteiger partial charge on any atom is -0.329 e. The fraction of sp³-hybridized carbons (Fsp3) is 0.222. The molecule has 2 rings (SSSR count). The Morgan fingerprint density at radius 3 is 2.52 bits per heavy atom. The highest BCUT2D eigenvalue weighted by Crippen LogP contribution is 2.25. The molecule has 0 fully saturated rings. The summed E-state index contributed by atoms with van der Waals surface area (Å²) in [6.45, 7) is 2.36. The fourth-order valence-electron chi connectivity index (χ4n) is 2.28. The van der Waals surface area contributed by atoms with Crippen LogP contribution in [0.25, 0.3) is 0 Å². The summed E-state index contributed by atoms with van der Waals surface area (Å²) >= 11 is 15.3. The first kappa shape index (κ1) is 19.8. The van der Waals surface area contributed by atoms with Gasteiger partial charge >= 0.3 is 0 Å². The zero-order chi connectivity index (χ0) is 18.4. The van der Waals surface area contributed by atoms with Gasteiger partial charge in [-0.15, -0.1) is 0 Å². The first-order valence-electron chi connectivity index (χ1n) is 7.71. The molecule has 0 spiro atoms. The molecular formula is C18H17BrCl2N2O2. The van der Waals surface area contributed by atoms with Crippen LogP contribution in [0.3, 0.4) is 0 Å². The average molecular weight is 444 g/mol. The molecule has 0 aliphatic rings. The normalized spacial score (nSPS) is 10.4. The Balaban J connectivity index is 2.11. The number of carbonyl (C=O) groups excluding carboxylic acids is 2. The third-order valence-corrected chi connectivity index (χ3v) is 4.66. The smallest absolute Gasteiger partial charge is 0.255 e. The predicted molar refractivity (Wildman–Crippen MR) is 105 cm³/mol. The summed E-state index contributed by atoms with van der Waals surface area (Å²) in [6.07, 6.45) is 0.741. The van der Waals surface area contributed by atoms with E-state index in [0.29, 0.717) is 32.3 Å². The molecule has 4 nitrogen and oxygen atoms in total. The quantitative estimate of drug-likeness (QED) is 0.662. The third-order valence-electron chi connectivity index (χ3n) is 3.42. The Labute approximate surface area is 165 Å². The lowest BCUT2D eigenvalue weighted by Crippen LogP contribution is -2.38. The topological polar surface area (TPSA) is 49.4 Å². The molecule has 25 heavy (non-hydrogen) atoms. The minimum atomic E-state index is -0.321. The number of carbonyl (C=O) groups is 2. The Hall–Kier alpha value is -1.56. The Bertz CT molecular complexity index is 783. The van der Waals surface area contributed by atoms with Gasteiger partial charge in [-0.2, -0.15) is 0 Å². The van der Waals surface area contributed by atoms with Crippen molar-refractivity contribution in [2.45, 2.75) is 13.3 Å². The molecule has 0 aliphatic carbocycles. The summed E-state index contributed by atoms with van der Waals surface area (Å²) in [7, 11) is 0. The van der Waals surface area contributed by atoms with Crippen molar-refractivity contribution in [3.63, 3.8) is 0 Å². The summed E-state index contributed by atoms with van der Waals surface area (Å²) in [5.41, 5.74) is 0.981. The Morgan fingerprint density at radius 2 is 1.88 bits per heavy atom. The number of anilines is 1. The van der Waals surface area contributed by atoms with Crippen LogP contribution in [0.2, 0.25) is 10.0 Å².